The molecule has 1 amide bonds. The lowest BCUT2D eigenvalue weighted by molar-refractivity contribution is -0.385. The molecule has 1 saturated heterocycles. The summed E-state index contributed by atoms with van der Waals surface area (Å²) in [7, 11) is 1.57. The van der Waals surface area contributed by atoms with Crippen LogP contribution in [0, 0.1) is 20.2 Å². The average Bonchev–Trinajstić information content (AvgIpc) is 4.25. The molecule has 422 valence electrons. The topological polar surface area (TPSA) is 293 Å². The van der Waals surface area contributed by atoms with Crippen molar-refractivity contribution in [3.05, 3.63) is 194 Å². The Balaban J connectivity index is 1.10. The summed E-state index contributed by atoms with van der Waals surface area (Å²) in [4.78, 5) is 85.3. The highest BCUT2D eigenvalue weighted by atomic mass is 16.7. The summed E-state index contributed by atoms with van der Waals surface area (Å²) in [6.07, 6.45) is -3.88. The normalized spacial score (nSPS) is 15.8. The van der Waals surface area contributed by atoms with Gasteiger partial charge in [0, 0.05) is 43.5 Å². The largest absolute Gasteiger partial charge is 0.508 e. The SMILES string of the molecule is COc1ccc(C(OC[C@H]2O[C@@H](n3cnc4c(NC(=O)OCCc5ccc([N+](=O)[O-])cc5)ncnc43)[C@H](OC(=O)OCCc3ccc([N+](=O)[O-])cc3)[C@@H]2OCCOCCOC(=O)CCC(C)=O)(c2ccccc2)c2ccccc2)cc1. The number of methoxy groups -OCH3 is 1. The van der Waals surface area contributed by atoms with E-state index in [1.165, 1.54) is 48.4 Å². The molecule has 4 atom stereocenters. The Hall–Kier alpha value is -9.23. The van der Waals surface area contributed by atoms with E-state index in [0.717, 1.165) is 16.7 Å². The number of hydrogen-bond acceptors (Lipinski definition) is 20. The van der Waals surface area contributed by atoms with Gasteiger partial charge in [0.2, 0.25) is 0 Å². The van der Waals surface area contributed by atoms with Gasteiger partial charge in [0.05, 0.1) is 69.3 Å². The van der Waals surface area contributed by atoms with Crippen molar-refractivity contribution in [1.82, 2.24) is 19.5 Å². The third-order valence-corrected chi connectivity index (χ3v) is 12.9. The third kappa shape index (κ3) is 15.1. The number of rotatable bonds is 28. The average molecular weight is 1110 g/mol. The number of carbonyl (C=O) groups excluding carboxylic acids is 4. The number of nitro groups is 2. The van der Waals surface area contributed by atoms with Gasteiger partial charge in [-0.15, -0.1) is 0 Å². The van der Waals surface area contributed by atoms with Gasteiger partial charge in [0.1, 0.15) is 42.3 Å². The van der Waals surface area contributed by atoms with Gasteiger partial charge in [0.15, 0.2) is 29.3 Å². The number of ketones is 1. The minimum atomic E-state index is -1.36. The Kier molecular flexibility index (Phi) is 20.1. The first-order valence-electron chi connectivity index (χ1n) is 25.6. The number of anilines is 1. The van der Waals surface area contributed by atoms with Gasteiger partial charge in [0.25, 0.3) is 11.4 Å². The van der Waals surface area contributed by atoms with Crippen molar-refractivity contribution in [2.75, 3.05) is 58.7 Å². The van der Waals surface area contributed by atoms with Crippen LogP contribution in [0.4, 0.5) is 26.8 Å². The predicted molar refractivity (Wildman–Crippen MR) is 287 cm³/mol. The van der Waals surface area contributed by atoms with E-state index in [1.54, 1.807) is 31.4 Å². The molecule has 0 bridgehead atoms. The highest BCUT2D eigenvalue weighted by molar-refractivity contribution is 5.93. The molecule has 1 N–H and O–H groups in total. The van der Waals surface area contributed by atoms with Crippen LogP contribution in [0.2, 0.25) is 0 Å². The van der Waals surface area contributed by atoms with Crippen LogP contribution in [0.1, 0.15) is 53.8 Å². The molecule has 24 nitrogen and oxygen atoms in total. The summed E-state index contributed by atoms with van der Waals surface area (Å²) in [5.74, 6) is -0.111. The fourth-order valence-electron chi connectivity index (χ4n) is 8.92. The maximum Gasteiger partial charge on any atom is 0.508 e. The molecule has 0 spiro atoms. The molecular weight excluding hydrogens is 1050 g/mol. The Morgan fingerprint density at radius 3 is 1.85 bits per heavy atom. The lowest BCUT2D eigenvalue weighted by Gasteiger charge is -2.37. The van der Waals surface area contributed by atoms with Gasteiger partial charge < -0.3 is 47.4 Å². The van der Waals surface area contributed by atoms with Gasteiger partial charge >= 0.3 is 18.2 Å². The molecule has 1 fully saturated rings. The summed E-state index contributed by atoms with van der Waals surface area (Å²) in [6, 6.07) is 38.2. The molecule has 7 aromatic rings. The van der Waals surface area contributed by atoms with E-state index in [0.29, 0.717) is 16.9 Å². The van der Waals surface area contributed by atoms with E-state index in [-0.39, 0.29) is 106 Å². The smallest absolute Gasteiger partial charge is 0.497 e. The maximum atomic E-state index is 14.0. The zero-order valence-electron chi connectivity index (χ0n) is 44.1. The van der Waals surface area contributed by atoms with Crippen LogP contribution < -0.4 is 10.1 Å². The number of amides is 1. The van der Waals surface area contributed by atoms with Crippen LogP contribution in [0.5, 0.6) is 5.75 Å². The lowest BCUT2D eigenvalue weighted by Crippen LogP contribution is -2.42. The van der Waals surface area contributed by atoms with E-state index >= 15 is 0 Å². The number of non-ortho nitro benzene ring substituents is 2. The first-order valence-corrected chi connectivity index (χ1v) is 25.6. The monoisotopic (exact) mass is 1110 g/mol. The molecule has 0 radical (unpaired) electrons. The fraction of sp³-hybridized carbons (Fsp3) is 0.316. The summed E-state index contributed by atoms with van der Waals surface area (Å²) in [6.45, 7) is 0.672. The number of hydrogen-bond donors (Lipinski definition) is 1. The fourth-order valence-corrected chi connectivity index (χ4v) is 8.92. The number of benzene rings is 5. The van der Waals surface area contributed by atoms with Crippen molar-refractivity contribution in [3.8, 4) is 5.75 Å². The molecule has 1 aliphatic rings. The molecule has 0 aliphatic carbocycles. The summed E-state index contributed by atoms with van der Waals surface area (Å²) >= 11 is 0. The first-order chi connectivity index (χ1) is 39.3. The van der Waals surface area contributed by atoms with E-state index in [4.69, 9.17) is 42.6 Å². The maximum absolute atomic E-state index is 14.0. The summed E-state index contributed by atoms with van der Waals surface area (Å²) < 4.78 is 56.0. The Morgan fingerprint density at radius 2 is 1.26 bits per heavy atom. The minimum Gasteiger partial charge on any atom is -0.497 e. The molecule has 2 aromatic heterocycles. The number of ether oxygens (including phenoxy) is 9. The Labute approximate surface area is 463 Å². The Morgan fingerprint density at radius 1 is 0.667 bits per heavy atom. The Bertz CT molecular complexity index is 3200. The van der Waals surface area contributed by atoms with Crippen LogP contribution in [-0.4, -0.2) is 125 Å². The van der Waals surface area contributed by atoms with Crippen LogP contribution in [-0.2, 0) is 65.9 Å². The number of esters is 1. The molecule has 0 saturated carbocycles. The number of Topliss-reactive ketones (excluding diaryl/α,β-unsaturated/α-hetero) is 1. The van der Waals surface area contributed by atoms with Crippen molar-refractivity contribution in [1.29, 1.82) is 0 Å². The molecule has 5 aromatic carbocycles. The third-order valence-electron chi connectivity index (χ3n) is 12.9. The van der Waals surface area contributed by atoms with Crippen LogP contribution in [0.25, 0.3) is 11.2 Å². The van der Waals surface area contributed by atoms with Crippen molar-refractivity contribution in [3.63, 3.8) is 0 Å². The quantitative estimate of drug-likeness (QED) is 0.0120. The highest BCUT2D eigenvalue weighted by Crippen LogP contribution is 2.43. The molecule has 81 heavy (non-hydrogen) atoms. The second-order valence-corrected chi connectivity index (χ2v) is 18.2. The second-order valence-electron chi connectivity index (χ2n) is 18.2. The van der Waals surface area contributed by atoms with Crippen molar-refractivity contribution >= 4 is 52.4 Å². The zero-order chi connectivity index (χ0) is 57.1. The van der Waals surface area contributed by atoms with Crippen molar-refractivity contribution < 1.29 is 71.7 Å². The van der Waals surface area contributed by atoms with E-state index in [1.807, 2.05) is 84.9 Å². The highest BCUT2D eigenvalue weighted by Gasteiger charge is 2.51. The number of imidazole rings is 1. The predicted octanol–water partition coefficient (Wildman–Crippen LogP) is 8.43. The molecule has 0 unspecified atom stereocenters. The van der Waals surface area contributed by atoms with E-state index in [2.05, 4.69) is 20.3 Å². The number of nitrogens with one attached hydrogen (secondary N) is 1. The van der Waals surface area contributed by atoms with Crippen LogP contribution in [0.3, 0.4) is 0 Å². The molecular formula is C57H57N7O17. The first kappa shape index (κ1) is 57.9. The number of fused-ring (bicyclic) bond motifs is 1. The van der Waals surface area contributed by atoms with E-state index < -0.39 is 58.2 Å². The second kappa shape index (κ2) is 28.1. The van der Waals surface area contributed by atoms with Crippen LogP contribution in [0.15, 0.2) is 146 Å². The molecule has 24 heteroatoms. The van der Waals surface area contributed by atoms with Crippen molar-refractivity contribution in [2.24, 2.45) is 0 Å². The number of aromatic nitrogens is 4. The van der Waals surface area contributed by atoms with Crippen LogP contribution >= 0.6 is 0 Å². The van der Waals surface area contributed by atoms with Gasteiger partial charge in [-0.25, -0.2) is 24.5 Å². The zero-order valence-corrected chi connectivity index (χ0v) is 44.1. The van der Waals surface area contributed by atoms with Gasteiger partial charge in [-0.05, 0) is 46.9 Å². The van der Waals surface area contributed by atoms with Gasteiger partial charge in [-0.3, -0.25) is 34.9 Å². The number of carbonyl (C=O) groups is 4. The lowest BCUT2D eigenvalue weighted by atomic mass is 9.80. The molecule has 3 heterocycles. The van der Waals surface area contributed by atoms with Gasteiger partial charge in [-0.1, -0.05) is 97.1 Å². The number of nitrogens with zero attached hydrogens (tertiary/aromatic N) is 6. The summed E-state index contributed by atoms with van der Waals surface area (Å²) in [5.41, 5.74) is 2.34. The van der Waals surface area contributed by atoms with E-state index in [9.17, 15) is 39.4 Å². The van der Waals surface area contributed by atoms with Gasteiger partial charge in [-0.2, -0.15) is 0 Å². The van der Waals surface area contributed by atoms with Crippen molar-refractivity contribution in [2.45, 2.75) is 62.7 Å². The molecule has 8 rings (SSSR count). The number of nitro benzene ring substituents is 2. The molecule has 1 aliphatic heterocycles. The summed E-state index contributed by atoms with van der Waals surface area (Å²) in [5, 5.41) is 25.0. The standard InChI is InChI=1S/C57H57N7O17/c1-38(65)13-26-48(66)75-33-31-74-32-34-76-50-47(35-79-57(41-9-5-3-6-10-41,42-11-7-4-8-12-42)43-18-24-46(73-2)25-19-43)80-54(51(50)81-56(68)78-30-28-40-16-22-45(23-17-40)64(71)72)62-37-60-49-52(58-36-59-53(49)62)61-55(67)77-29-27-39-14-20-44(21-15-39)63(69)70/h3-12,14-25,36-37,47,50-51,54H,13,26-35H2,1-2H3,(H,58,59,61,67)/t47-,50-,51-,54-/m1/s1. The minimum absolute atomic E-state index is 0.00448.